The maximum atomic E-state index is 14.1. The Balaban J connectivity index is 2.52. The Labute approximate surface area is 117 Å². The molecule has 19 heavy (non-hydrogen) atoms. The highest BCUT2D eigenvalue weighted by atomic mass is 79.9. The molecule has 3 N–H and O–H groups in total. The first-order valence-electron chi connectivity index (χ1n) is 5.67. The molecular formula is C12H12BrFN2O3. The van der Waals surface area contributed by atoms with Gasteiger partial charge in [-0.25, -0.2) is 9.18 Å². The van der Waals surface area contributed by atoms with E-state index in [0.717, 1.165) is 0 Å². The number of anilines is 1. The first-order chi connectivity index (χ1) is 8.95. The van der Waals surface area contributed by atoms with Gasteiger partial charge < -0.3 is 15.7 Å². The number of carboxylic acids is 1. The Morgan fingerprint density at radius 2 is 2.26 bits per heavy atom. The van der Waals surface area contributed by atoms with E-state index < -0.39 is 11.8 Å². The van der Waals surface area contributed by atoms with E-state index in [1.165, 1.54) is 17.0 Å². The number of carbonyl (C=O) groups excluding carboxylic acids is 1. The topological polar surface area (TPSA) is 83.6 Å². The second-order valence-electron chi connectivity index (χ2n) is 4.37. The van der Waals surface area contributed by atoms with Crippen LogP contribution in [0.1, 0.15) is 16.8 Å². The number of rotatable bonds is 3. The Kier molecular flexibility index (Phi) is 3.86. The van der Waals surface area contributed by atoms with Gasteiger partial charge in [0.1, 0.15) is 0 Å². The monoisotopic (exact) mass is 330 g/mol. The number of carboxylic acid groups (broad SMARTS) is 1. The van der Waals surface area contributed by atoms with Crippen molar-refractivity contribution < 1.29 is 19.1 Å². The first kappa shape index (κ1) is 14.0. The Morgan fingerprint density at radius 3 is 2.79 bits per heavy atom. The van der Waals surface area contributed by atoms with Crippen LogP contribution < -0.4 is 10.6 Å². The molecule has 7 heteroatoms. The lowest BCUT2D eigenvalue weighted by Crippen LogP contribution is -2.28. The van der Waals surface area contributed by atoms with Gasteiger partial charge in [-0.05, 0) is 40.5 Å². The average Bonchev–Trinajstić information content (AvgIpc) is 2.73. The minimum absolute atomic E-state index is 0.0764. The molecule has 1 aromatic rings. The third kappa shape index (κ3) is 2.48. The summed E-state index contributed by atoms with van der Waals surface area (Å²) in [6.07, 6.45) is 0.210. The highest BCUT2D eigenvalue weighted by molar-refractivity contribution is 9.10. The molecule has 102 valence electrons. The number of nitrogens with two attached hydrogens (primary N) is 1. The Bertz CT molecular complexity index is 550. The number of aromatic carboxylic acids is 1. The summed E-state index contributed by atoms with van der Waals surface area (Å²) in [5.41, 5.74) is 5.08. The number of hydrogen-bond acceptors (Lipinski definition) is 3. The van der Waals surface area contributed by atoms with Crippen LogP contribution >= 0.6 is 15.9 Å². The molecule has 1 fully saturated rings. The van der Waals surface area contributed by atoms with Gasteiger partial charge >= 0.3 is 5.97 Å². The minimum atomic E-state index is -1.27. The van der Waals surface area contributed by atoms with Crippen LogP contribution in [0.4, 0.5) is 10.1 Å². The molecular weight excluding hydrogens is 319 g/mol. The van der Waals surface area contributed by atoms with Crippen molar-refractivity contribution in [2.45, 2.75) is 6.42 Å². The third-order valence-electron chi connectivity index (χ3n) is 3.11. The predicted octanol–water partition coefficient (Wildman–Crippen LogP) is 1.60. The molecule has 0 bridgehead atoms. The summed E-state index contributed by atoms with van der Waals surface area (Å²) in [7, 11) is 0. The van der Waals surface area contributed by atoms with E-state index >= 15 is 0 Å². The molecule has 1 saturated heterocycles. The first-order valence-corrected chi connectivity index (χ1v) is 6.46. The average molecular weight is 331 g/mol. The number of benzene rings is 1. The molecule has 5 nitrogen and oxygen atoms in total. The van der Waals surface area contributed by atoms with E-state index in [2.05, 4.69) is 15.9 Å². The molecule has 0 radical (unpaired) electrons. The molecule has 1 aromatic carbocycles. The van der Waals surface area contributed by atoms with Crippen LogP contribution in [-0.4, -0.2) is 30.1 Å². The van der Waals surface area contributed by atoms with Crippen LogP contribution in [-0.2, 0) is 4.79 Å². The third-order valence-corrected chi connectivity index (χ3v) is 3.72. The number of hydrogen-bond donors (Lipinski definition) is 2. The highest BCUT2D eigenvalue weighted by Gasteiger charge is 2.34. The van der Waals surface area contributed by atoms with Crippen LogP contribution in [0, 0.1) is 11.7 Å². The Morgan fingerprint density at radius 1 is 1.58 bits per heavy atom. The lowest BCUT2D eigenvalue weighted by atomic mass is 10.1. The zero-order chi connectivity index (χ0) is 14.2. The van der Waals surface area contributed by atoms with E-state index in [4.69, 9.17) is 10.8 Å². The molecule has 2 rings (SSSR count). The Hall–Kier alpha value is -1.47. The smallest absolute Gasteiger partial charge is 0.337 e. The number of amides is 1. The van der Waals surface area contributed by atoms with Crippen molar-refractivity contribution in [1.82, 2.24) is 0 Å². The van der Waals surface area contributed by atoms with E-state index in [0.29, 0.717) is 6.54 Å². The summed E-state index contributed by atoms with van der Waals surface area (Å²) in [5.74, 6) is -2.40. The molecule has 0 spiro atoms. The fourth-order valence-corrected chi connectivity index (χ4v) is 2.45. The van der Waals surface area contributed by atoms with Crippen molar-refractivity contribution in [3.8, 4) is 0 Å². The zero-order valence-electron chi connectivity index (χ0n) is 9.90. The van der Waals surface area contributed by atoms with Crippen LogP contribution in [0.25, 0.3) is 0 Å². The lowest BCUT2D eigenvalue weighted by Gasteiger charge is -2.20. The summed E-state index contributed by atoms with van der Waals surface area (Å²) >= 11 is 3.00. The van der Waals surface area contributed by atoms with Gasteiger partial charge in [0, 0.05) is 13.0 Å². The van der Waals surface area contributed by atoms with Crippen LogP contribution in [0.5, 0.6) is 0 Å². The lowest BCUT2D eigenvalue weighted by molar-refractivity contribution is -0.117. The quantitative estimate of drug-likeness (QED) is 0.881. The van der Waals surface area contributed by atoms with Crippen molar-refractivity contribution in [3.05, 3.63) is 28.0 Å². The molecule has 1 atom stereocenters. The fourth-order valence-electron chi connectivity index (χ4n) is 2.13. The van der Waals surface area contributed by atoms with Gasteiger partial charge in [-0.1, -0.05) is 0 Å². The predicted molar refractivity (Wildman–Crippen MR) is 70.6 cm³/mol. The van der Waals surface area contributed by atoms with Crippen molar-refractivity contribution in [3.63, 3.8) is 0 Å². The van der Waals surface area contributed by atoms with Crippen LogP contribution in [0.15, 0.2) is 16.6 Å². The maximum absolute atomic E-state index is 14.1. The van der Waals surface area contributed by atoms with E-state index in [-0.39, 0.29) is 40.5 Å². The summed E-state index contributed by atoms with van der Waals surface area (Å²) in [6, 6.07) is 2.58. The SMILES string of the molecule is NCC1CC(=O)N(c2c(C(=O)O)ccc(Br)c2F)C1. The molecule has 0 aromatic heterocycles. The molecule has 1 unspecified atom stereocenters. The minimum Gasteiger partial charge on any atom is -0.478 e. The molecule has 1 heterocycles. The van der Waals surface area contributed by atoms with Gasteiger partial charge in [0.25, 0.3) is 0 Å². The van der Waals surface area contributed by atoms with E-state index in [1.54, 1.807) is 0 Å². The second-order valence-corrected chi connectivity index (χ2v) is 5.23. The summed E-state index contributed by atoms with van der Waals surface area (Å²) in [6.45, 7) is 0.545. The van der Waals surface area contributed by atoms with Crippen LogP contribution in [0.3, 0.4) is 0 Å². The molecule has 0 aliphatic carbocycles. The van der Waals surface area contributed by atoms with Crippen molar-refractivity contribution in [2.24, 2.45) is 11.7 Å². The normalized spacial score (nSPS) is 19.0. The van der Waals surface area contributed by atoms with Crippen molar-refractivity contribution in [1.29, 1.82) is 0 Å². The van der Waals surface area contributed by atoms with Gasteiger partial charge in [-0.15, -0.1) is 0 Å². The zero-order valence-corrected chi connectivity index (χ0v) is 11.5. The van der Waals surface area contributed by atoms with E-state index in [1.807, 2.05) is 0 Å². The second kappa shape index (κ2) is 5.26. The number of nitrogens with zero attached hydrogens (tertiary/aromatic N) is 1. The summed E-state index contributed by atoms with van der Waals surface area (Å²) in [5, 5.41) is 9.11. The summed E-state index contributed by atoms with van der Waals surface area (Å²) in [4.78, 5) is 24.2. The van der Waals surface area contributed by atoms with Gasteiger partial charge in [0.15, 0.2) is 5.82 Å². The maximum Gasteiger partial charge on any atom is 0.337 e. The molecule has 0 saturated carbocycles. The standard InChI is InChI=1S/C12H12BrFN2O3/c13-8-2-1-7(12(18)19)11(10(8)14)16-5-6(4-15)3-9(16)17/h1-2,6H,3-5,15H2,(H,18,19). The fraction of sp³-hybridized carbons (Fsp3) is 0.333. The highest BCUT2D eigenvalue weighted by Crippen LogP contribution is 2.34. The van der Waals surface area contributed by atoms with Gasteiger partial charge in [-0.3, -0.25) is 4.79 Å². The van der Waals surface area contributed by atoms with Gasteiger partial charge in [0.2, 0.25) is 5.91 Å². The van der Waals surface area contributed by atoms with Gasteiger partial charge in [0.05, 0.1) is 15.7 Å². The van der Waals surface area contributed by atoms with Crippen LogP contribution in [0.2, 0.25) is 0 Å². The number of halogens is 2. The number of carbonyl (C=O) groups is 2. The summed E-state index contributed by atoms with van der Waals surface area (Å²) < 4.78 is 14.3. The van der Waals surface area contributed by atoms with Gasteiger partial charge in [-0.2, -0.15) is 0 Å². The largest absolute Gasteiger partial charge is 0.478 e. The molecule has 1 amide bonds. The molecule has 1 aliphatic heterocycles. The van der Waals surface area contributed by atoms with Crippen molar-refractivity contribution in [2.75, 3.05) is 18.0 Å². The molecule has 1 aliphatic rings. The van der Waals surface area contributed by atoms with E-state index in [9.17, 15) is 14.0 Å². The van der Waals surface area contributed by atoms with Crippen molar-refractivity contribution >= 4 is 33.5 Å².